The number of hydrogen-bond acceptors (Lipinski definition) is 1. The quantitative estimate of drug-likeness (QED) is 0.818. The van der Waals surface area contributed by atoms with E-state index in [1.807, 2.05) is 0 Å². The van der Waals surface area contributed by atoms with Gasteiger partial charge in [-0.2, -0.15) is 8.78 Å². The molecule has 0 fully saturated rings. The second-order valence-corrected chi connectivity index (χ2v) is 3.57. The molecule has 0 atom stereocenters. The SMILES string of the molecule is Oc1cccc(-c2ccccc2C=C(F)F)c1. The molecule has 0 heterocycles. The summed E-state index contributed by atoms with van der Waals surface area (Å²) in [6, 6.07) is 13.3. The fourth-order valence-electron chi connectivity index (χ4n) is 1.68. The number of halogens is 2. The van der Waals surface area contributed by atoms with Gasteiger partial charge in [0.2, 0.25) is 0 Å². The normalized spacial score (nSPS) is 10.0. The summed E-state index contributed by atoms with van der Waals surface area (Å²) in [6.07, 6.45) is -0.920. The van der Waals surface area contributed by atoms with Crippen LogP contribution >= 0.6 is 0 Å². The van der Waals surface area contributed by atoms with Crippen LogP contribution in [-0.4, -0.2) is 5.11 Å². The number of aromatic hydroxyl groups is 1. The Kier molecular flexibility index (Phi) is 3.19. The molecule has 0 amide bonds. The molecule has 3 heteroatoms. The van der Waals surface area contributed by atoms with E-state index in [-0.39, 0.29) is 5.75 Å². The van der Waals surface area contributed by atoms with Crippen molar-refractivity contribution in [3.05, 3.63) is 60.2 Å². The molecule has 17 heavy (non-hydrogen) atoms. The van der Waals surface area contributed by atoms with Gasteiger partial charge >= 0.3 is 0 Å². The van der Waals surface area contributed by atoms with Crippen LogP contribution in [0.2, 0.25) is 0 Å². The van der Waals surface area contributed by atoms with Crippen molar-refractivity contribution < 1.29 is 13.9 Å². The lowest BCUT2D eigenvalue weighted by molar-refractivity contribution is 0.429. The summed E-state index contributed by atoms with van der Waals surface area (Å²) in [4.78, 5) is 0. The van der Waals surface area contributed by atoms with Gasteiger partial charge in [0.05, 0.1) is 0 Å². The average molecular weight is 232 g/mol. The highest BCUT2D eigenvalue weighted by molar-refractivity contribution is 5.75. The summed E-state index contributed by atoms with van der Waals surface area (Å²) in [5.41, 5.74) is 1.80. The third-order valence-electron chi connectivity index (χ3n) is 2.38. The Morgan fingerprint density at radius 1 is 1.00 bits per heavy atom. The molecule has 1 N–H and O–H groups in total. The van der Waals surface area contributed by atoms with Crippen LogP contribution < -0.4 is 0 Å². The third-order valence-corrected chi connectivity index (χ3v) is 2.38. The zero-order valence-electron chi connectivity index (χ0n) is 8.90. The fraction of sp³-hybridized carbons (Fsp3) is 0. The van der Waals surface area contributed by atoms with Crippen molar-refractivity contribution in [3.8, 4) is 16.9 Å². The van der Waals surface area contributed by atoms with Crippen LogP contribution in [0.5, 0.6) is 5.75 Å². The maximum atomic E-state index is 12.3. The summed E-state index contributed by atoms with van der Waals surface area (Å²) >= 11 is 0. The molecule has 0 spiro atoms. The topological polar surface area (TPSA) is 20.2 Å². The zero-order chi connectivity index (χ0) is 12.3. The fourth-order valence-corrected chi connectivity index (χ4v) is 1.68. The smallest absolute Gasteiger partial charge is 0.270 e. The molecule has 0 aromatic heterocycles. The minimum absolute atomic E-state index is 0.113. The van der Waals surface area contributed by atoms with Crippen molar-refractivity contribution in [2.24, 2.45) is 0 Å². The Morgan fingerprint density at radius 2 is 1.76 bits per heavy atom. The van der Waals surface area contributed by atoms with E-state index >= 15 is 0 Å². The van der Waals surface area contributed by atoms with E-state index in [1.165, 1.54) is 6.07 Å². The van der Waals surface area contributed by atoms with E-state index in [1.54, 1.807) is 42.5 Å². The first kappa shape index (κ1) is 11.3. The Bertz CT molecular complexity index is 558. The van der Waals surface area contributed by atoms with Crippen LogP contribution in [-0.2, 0) is 0 Å². The summed E-state index contributed by atoms with van der Waals surface area (Å²) in [5, 5.41) is 9.38. The number of phenols is 1. The van der Waals surface area contributed by atoms with E-state index < -0.39 is 6.08 Å². The largest absolute Gasteiger partial charge is 0.508 e. The van der Waals surface area contributed by atoms with E-state index in [2.05, 4.69) is 0 Å². The van der Waals surface area contributed by atoms with Gasteiger partial charge in [0, 0.05) is 6.08 Å². The van der Waals surface area contributed by atoms with Gasteiger partial charge in [0.15, 0.2) is 0 Å². The van der Waals surface area contributed by atoms with Gasteiger partial charge in [0.25, 0.3) is 6.08 Å². The van der Waals surface area contributed by atoms with Gasteiger partial charge in [-0.05, 0) is 28.8 Å². The maximum Gasteiger partial charge on any atom is 0.270 e. The van der Waals surface area contributed by atoms with Crippen LogP contribution in [0.1, 0.15) is 5.56 Å². The van der Waals surface area contributed by atoms with Gasteiger partial charge in [-0.15, -0.1) is 0 Å². The molecule has 0 unspecified atom stereocenters. The van der Waals surface area contributed by atoms with E-state index in [9.17, 15) is 13.9 Å². The van der Waals surface area contributed by atoms with Gasteiger partial charge in [-0.25, -0.2) is 0 Å². The first-order valence-electron chi connectivity index (χ1n) is 5.08. The van der Waals surface area contributed by atoms with Crippen molar-refractivity contribution in [2.75, 3.05) is 0 Å². The molecule has 0 aliphatic heterocycles. The van der Waals surface area contributed by atoms with Crippen molar-refractivity contribution in [3.63, 3.8) is 0 Å². The molecule has 2 aromatic rings. The number of rotatable bonds is 2. The second-order valence-electron chi connectivity index (χ2n) is 3.57. The summed E-state index contributed by atoms with van der Waals surface area (Å²) < 4.78 is 24.6. The van der Waals surface area contributed by atoms with Gasteiger partial charge in [-0.3, -0.25) is 0 Å². The monoisotopic (exact) mass is 232 g/mol. The van der Waals surface area contributed by atoms with Crippen LogP contribution in [0.4, 0.5) is 8.78 Å². The molecule has 2 rings (SSSR count). The average Bonchev–Trinajstić information content (AvgIpc) is 2.29. The molecule has 2 aromatic carbocycles. The molecular formula is C14H10F2O. The molecule has 86 valence electrons. The van der Waals surface area contributed by atoms with Crippen LogP contribution in [0, 0.1) is 0 Å². The summed E-state index contributed by atoms with van der Waals surface area (Å²) in [5.74, 6) is 0.113. The highest BCUT2D eigenvalue weighted by Crippen LogP contribution is 2.28. The third kappa shape index (κ3) is 2.69. The predicted molar refractivity (Wildman–Crippen MR) is 63.7 cm³/mol. The minimum Gasteiger partial charge on any atom is -0.508 e. The Labute approximate surface area is 97.7 Å². The Morgan fingerprint density at radius 3 is 2.47 bits per heavy atom. The number of hydrogen-bond donors (Lipinski definition) is 1. The zero-order valence-corrected chi connectivity index (χ0v) is 8.90. The molecule has 0 saturated carbocycles. The molecule has 0 bridgehead atoms. The standard InChI is InChI=1S/C14H10F2O/c15-14(16)9-11-4-1-2-7-13(11)10-5-3-6-12(17)8-10/h1-9,17H. The van der Waals surface area contributed by atoms with Crippen LogP contribution in [0.25, 0.3) is 17.2 Å². The van der Waals surface area contributed by atoms with Crippen molar-refractivity contribution in [1.82, 2.24) is 0 Å². The lowest BCUT2D eigenvalue weighted by Gasteiger charge is -2.06. The molecule has 1 nitrogen and oxygen atoms in total. The molecule has 0 saturated heterocycles. The lowest BCUT2D eigenvalue weighted by Crippen LogP contribution is -1.82. The van der Waals surface area contributed by atoms with E-state index in [4.69, 9.17) is 0 Å². The highest BCUT2D eigenvalue weighted by Gasteiger charge is 2.04. The minimum atomic E-state index is -1.74. The first-order valence-corrected chi connectivity index (χ1v) is 5.08. The van der Waals surface area contributed by atoms with Crippen molar-refractivity contribution in [2.45, 2.75) is 0 Å². The van der Waals surface area contributed by atoms with Gasteiger partial charge in [-0.1, -0.05) is 36.4 Å². The molecule has 0 aliphatic carbocycles. The first-order chi connectivity index (χ1) is 8.16. The van der Waals surface area contributed by atoms with Crippen LogP contribution in [0.15, 0.2) is 54.6 Å². The van der Waals surface area contributed by atoms with E-state index in [0.717, 1.165) is 6.08 Å². The molecular weight excluding hydrogens is 222 g/mol. The van der Waals surface area contributed by atoms with Crippen molar-refractivity contribution >= 4 is 6.08 Å². The van der Waals surface area contributed by atoms with Gasteiger partial charge in [0.1, 0.15) is 5.75 Å². The summed E-state index contributed by atoms with van der Waals surface area (Å²) in [6.45, 7) is 0. The van der Waals surface area contributed by atoms with E-state index in [0.29, 0.717) is 16.7 Å². The summed E-state index contributed by atoms with van der Waals surface area (Å²) in [7, 11) is 0. The lowest BCUT2D eigenvalue weighted by atomic mass is 9.99. The van der Waals surface area contributed by atoms with Crippen molar-refractivity contribution in [1.29, 1.82) is 0 Å². The molecule has 0 radical (unpaired) electrons. The Balaban J connectivity index is 2.56. The van der Waals surface area contributed by atoms with Crippen LogP contribution in [0.3, 0.4) is 0 Å². The second kappa shape index (κ2) is 4.78. The number of benzene rings is 2. The molecule has 0 aliphatic rings. The predicted octanol–water partition coefficient (Wildman–Crippen LogP) is 4.30. The maximum absolute atomic E-state index is 12.3. The highest BCUT2D eigenvalue weighted by atomic mass is 19.3. The number of phenolic OH excluding ortho intramolecular Hbond substituents is 1. The Hall–Kier alpha value is -2.16. The van der Waals surface area contributed by atoms with Gasteiger partial charge < -0.3 is 5.11 Å².